The van der Waals surface area contributed by atoms with Crippen molar-refractivity contribution in [2.24, 2.45) is 0 Å². The normalized spacial score (nSPS) is 10.3. The SMILES string of the molecule is OCc1csc(Cl)c1CO. The van der Waals surface area contributed by atoms with Crippen LogP contribution in [0.3, 0.4) is 0 Å². The number of aliphatic hydroxyl groups is 2. The third-order valence-corrected chi connectivity index (χ3v) is 2.61. The average Bonchev–Trinajstić information content (AvgIpc) is 2.30. The standard InChI is InChI=1S/C6H7ClO2S/c7-6-5(2-9)4(1-8)3-10-6/h3,8-9H,1-2H2. The predicted octanol–water partition coefficient (Wildman–Crippen LogP) is 1.39. The van der Waals surface area contributed by atoms with Crippen molar-refractivity contribution in [1.82, 2.24) is 0 Å². The van der Waals surface area contributed by atoms with Crippen LogP contribution in [0.15, 0.2) is 5.38 Å². The van der Waals surface area contributed by atoms with Crippen LogP contribution < -0.4 is 0 Å². The molecule has 0 aliphatic carbocycles. The van der Waals surface area contributed by atoms with Gasteiger partial charge in [0.05, 0.1) is 17.6 Å². The molecule has 56 valence electrons. The van der Waals surface area contributed by atoms with E-state index >= 15 is 0 Å². The summed E-state index contributed by atoms with van der Waals surface area (Å²) in [6, 6.07) is 0. The van der Waals surface area contributed by atoms with Gasteiger partial charge in [0.25, 0.3) is 0 Å². The van der Waals surface area contributed by atoms with Gasteiger partial charge in [-0.3, -0.25) is 0 Å². The van der Waals surface area contributed by atoms with Crippen LogP contribution in [0.4, 0.5) is 0 Å². The molecule has 0 saturated carbocycles. The molecular formula is C6H7ClO2S. The molecule has 2 N–H and O–H groups in total. The zero-order valence-electron chi connectivity index (χ0n) is 5.17. The Balaban J connectivity index is 3.01. The fourth-order valence-electron chi connectivity index (χ4n) is 0.688. The maximum atomic E-state index is 8.73. The van der Waals surface area contributed by atoms with Crippen LogP contribution in [0.1, 0.15) is 11.1 Å². The Bertz CT molecular complexity index is 222. The highest BCUT2D eigenvalue weighted by Crippen LogP contribution is 2.27. The van der Waals surface area contributed by atoms with Crippen molar-refractivity contribution >= 4 is 22.9 Å². The molecule has 0 radical (unpaired) electrons. The summed E-state index contributed by atoms with van der Waals surface area (Å²) in [5.41, 5.74) is 1.37. The highest BCUT2D eigenvalue weighted by Gasteiger charge is 2.06. The van der Waals surface area contributed by atoms with E-state index in [0.717, 1.165) is 5.56 Å². The van der Waals surface area contributed by atoms with Crippen molar-refractivity contribution in [3.8, 4) is 0 Å². The number of rotatable bonds is 2. The Hall–Kier alpha value is -0.0900. The number of thiophene rings is 1. The highest BCUT2D eigenvalue weighted by atomic mass is 35.5. The van der Waals surface area contributed by atoms with Crippen molar-refractivity contribution in [1.29, 1.82) is 0 Å². The average molecular weight is 179 g/mol. The van der Waals surface area contributed by atoms with Gasteiger partial charge in [0, 0.05) is 5.56 Å². The minimum Gasteiger partial charge on any atom is -0.392 e. The lowest BCUT2D eigenvalue weighted by molar-refractivity contribution is 0.261. The molecule has 0 unspecified atom stereocenters. The molecule has 0 bridgehead atoms. The molecule has 1 rings (SSSR count). The van der Waals surface area contributed by atoms with Gasteiger partial charge < -0.3 is 10.2 Å². The predicted molar refractivity (Wildman–Crippen MR) is 41.2 cm³/mol. The molecule has 1 heterocycles. The molecule has 2 nitrogen and oxygen atoms in total. The molecule has 0 aromatic carbocycles. The fraction of sp³-hybridized carbons (Fsp3) is 0.333. The van der Waals surface area contributed by atoms with Crippen molar-refractivity contribution in [2.75, 3.05) is 0 Å². The summed E-state index contributed by atoms with van der Waals surface area (Å²) in [6.45, 7) is -0.155. The molecule has 0 amide bonds. The summed E-state index contributed by atoms with van der Waals surface area (Å²) in [6.07, 6.45) is 0. The summed E-state index contributed by atoms with van der Waals surface area (Å²) < 4.78 is 0.562. The first-order valence-corrected chi connectivity index (χ1v) is 4.01. The van der Waals surface area contributed by atoms with E-state index in [4.69, 9.17) is 21.8 Å². The monoisotopic (exact) mass is 178 g/mol. The van der Waals surface area contributed by atoms with E-state index in [2.05, 4.69) is 0 Å². The van der Waals surface area contributed by atoms with Crippen molar-refractivity contribution < 1.29 is 10.2 Å². The van der Waals surface area contributed by atoms with Gasteiger partial charge in [-0.1, -0.05) is 11.6 Å². The molecule has 0 aliphatic rings. The van der Waals surface area contributed by atoms with Gasteiger partial charge in [0.15, 0.2) is 0 Å². The van der Waals surface area contributed by atoms with E-state index < -0.39 is 0 Å². The van der Waals surface area contributed by atoms with E-state index in [1.807, 2.05) is 0 Å². The third kappa shape index (κ3) is 1.32. The van der Waals surface area contributed by atoms with Crippen LogP contribution >= 0.6 is 22.9 Å². The first-order chi connectivity index (χ1) is 4.79. The number of hydrogen-bond acceptors (Lipinski definition) is 3. The van der Waals surface area contributed by atoms with Crippen molar-refractivity contribution in [2.45, 2.75) is 13.2 Å². The quantitative estimate of drug-likeness (QED) is 0.719. The van der Waals surface area contributed by atoms with Crippen LogP contribution in [0.2, 0.25) is 4.34 Å². The smallest absolute Gasteiger partial charge is 0.0987 e. The highest BCUT2D eigenvalue weighted by molar-refractivity contribution is 7.14. The number of hydrogen-bond donors (Lipinski definition) is 2. The topological polar surface area (TPSA) is 40.5 Å². The fourth-order valence-corrected chi connectivity index (χ4v) is 1.80. The third-order valence-electron chi connectivity index (χ3n) is 1.26. The zero-order chi connectivity index (χ0) is 7.56. The molecule has 0 spiro atoms. The molecule has 10 heavy (non-hydrogen) atoms. The Morgan fingerprint density at radius 3 is 2.50 bits per heavy atom. The summed E-state index contributed by atoms with van der Waals surface area (Å²) in [5, 5.41) is 19.2. The van der Waals surface area contributed by atoms with E-state index in [0.29, 0.717) is 9.90 Å². The second kappa shape index (κ2) is 3.34. The van der Waals surface area contributed by atoms with Gasteiger partial charge in [-0.05, 0) is 10.9 Å². The first-order valence-electron chi connectivity index (χ1n) is 2.76. The van der Waals surface area contributed by atoms with Crippen LogP contribution in [-0.2, 0) is 13.2 Å². The lowest BCUT2D eigenvalue weighted by Gasteiger charge is -1.94. The van der Waals surface area contributed by atoms with Crippen LogP contribution in [0.25, 0.3) is 0 Å². The van der Waals surface area contributed by atoms with E-state index in [9.17, 15) is 0 Å². The Morgan fingerprint density at radius 2 is 2.10 bits per heavy atom. The molecule has 1 aromatic heterocycles. The van der Waals surface area contributed by atoms with Gasteiger partial charge in [-0.2, -0.15) is 0 Å². The minimum atomic E-state index is -0.0990. The first kappa shape index (κ1) is 8.01. The molecule has 0 aliphatic heterocycles. The maximum Gasteiger partial charge on any atom is 0.0987 e. The second-order valence-corrected chi connectivity index (χ2v) is 3.31. The lowest BCUT2D eigenvalue weighted by Crippen LogP contribution is -1.88. The Kier molecular flexibility index (Phi) is 2.68. The Labute approximate surface area is 67.7 Å². The van der Waals surface area contributed by atoms with Crippen molar-refractivity contribution in [3.05, 3.63) is 20.8 Å². The van der Waals surface area contributed by atoms with E-state index in [1.165, 1.54) is 11.3 Å². The van der Waals surface area contributed by atoms with Gasteiger partial charge in [-0.25, -0.2) is 0 Å². The molecule has 1 aromatic rings. The summed E-state index contributed by atoms with van der Waals surface area (Å²) >= 11 is 7.00. The Morgan fingerprint density at radius 1 is 1.40 bits per heavy atom. The summed E-state index contributed by atoms with van der Waals surface area (Å²) in [4.78, 5) is 0. The molecule has 4 heteroatoms. The van der Waals surface area contributed by atoms with Gasteiger partial charge >= 0.3 is 0 Å². The molecular weight excluding hydrogens is 172 g/mol. The largest absolute Gasteiger partial charge is 0.392 e. The van der Waals surface area contributed by atoms with Crippen molar-refractivity contribution in [3.63, 3.8) is 0 Å². The summed E-state index contributed by atoms with van der Waals surface area (Å²) in [5.74, 6) is 0. The van der Waals surface area contributed by atoms with Gasteiger partial charge in [-0.15, -0.1) is 11.3 Å². The van der Waals surface area contributed by atoms with E-state index in [1.54, 1.807) is 5.38 Å². The van der Waals surface area contributed by atoms with Crippen LogP contribution in [0.5, 0.6) is 0 Å². The number of halogens is 1. The zero-order valence-corrected chi connectivity index (χ0v) is 6.74. The maximum absolute atomic E-state index is 8.73. The molecule has 0 fully saturated rings. The molecule has 0 saturated heterocycles. The summed E-state index contributed by atoms with van der Waals surface area (Å²) in [7, 11) is 0. The second-order valence-electron chi connectivity index (χ2n) is 1.83. The van der Waals surface area contributed by atoms with Gasteiger partial charge in [0.2, 0.25) is 0 Å². The van der Waals surface area contributed by atoms with Gasteiger partial charge in [0.1, 0.15) is 0 Å². The lowest BCUT2D eigenvalue weighted by atomic mass is 10.2. The van der Waals surface area contributed by atoms with Crippen LogP contribution in [-0.4, -0.2) is 10.2 Å². The minimum absolute atomic E-state index is 0.0564. The van der Waals surface area contributed by atoms with E-state index in [-0.39, 0.29) is 13.2 Å². The number of aliphatic hydroxyl groups excluding tert-OH is 2. The molecule has 0 atom stereocenters. The van der Waals surface area contributed by atoms with Crippen LogP contribution in [0, 0.1) is 0 Å².